The summed E-state index contributed by atoms with van der Waals surface area (Å²) in [5.41, 5.74) is 0. The quantitative estimate of drug-likeness (QED) is 0.783. The fourth-order valence-corrected chi connectivity index (χ4v) is 3.33. The highest BCUT2D eigenvalue weighted by molar-refractivity contribution is 5.80. The predicted molar refractivity (Wildman–Crippen MR) is 76.1 cm³/mol. The number of amides is 1. The van der Waals surface area contributed by atoms with Crippen LogP contribution in [0.5, 0.6) is 0 Å². The van der Waals surface area contributed by atoms with Crippen molar-refractivity contribution in [3.63, 3.8) is 0 Å². The zero-order valence-electron chi connectivity index (χ0n) is 12.4. The molecule has 1 amide bonds. The molecule has 0 radical (unpaired) electrons. The third kappa shape index (κ3) is 3.93. The second-order valence-corrected chi connectivity index (χ2v) is 5.88. The van der Waals surface area contributed by atoms with E-state index in [4.69, 9.17) is 4.74 Å². The Morgan fingerprint density at radius 1 is 1.05 bits per heavy atom. The van der Waals surface area contributed by atoms with E-state index in [1.54, 1.807) is 7.11 Å². The Balaban J connectivity index is 1.85. The molecule has 0 aromatic carbocycles. The van der Waals surface area contributed by atoms with E-state index in [1.807, 2.05) is 11.8 Å². The molecular formula is C15H28N2O2. The van der Waals surface area contributed by atoms with Crippen molar-refractivity contribution in [2.24, 2.45) is 0 Å². The Bertz CT molecular complexity index is 290. The van der Waals surface area contributed by atoms with Crippen LogP contribution in [0.15, 0.2) is 0 Å². The van der Waals surface area contributed by atoms with E-state index in [0.717, 1.165) is 38.6 Å². The Kier molecular flexibility index (Phi) is 5.64. The number of carbonyl (C=O) groups is 1. The summed E-state index contributed by atoms with van der Waals surface area (Å²) in [6.45, 7) is 5.77. The lowest BCUT2D eigenvalue weighted by Crippen LogP contribution is -2.42. The number of hydrogen-bond acceptors (Lipinski definition) is 3. The number of carbonyl (C=O) groups excluding carboxylic acids is 1. The molecule has 2 rings (SSSR count). The standard InChI is InChI=1S/C15H28N2O2/c1-13(19-2)15(18)17-10-6-9-16(11-12-17)14-7-4-3-5-8-14/h13-14H,3-12H2,1-2H3. The number of ether oxygens (including phenoxy) is 1. The molecular weight excluding hydrogens is 240 g/mol. The van der Waals surface area contributed by atoms with Crippen LogP contribution in [-0.4, -0.2) is 61.1 Å². The van der Waals surface area contributed by atoms with Gasteiger partial charge in [0.1, 0.15) is 6.10 Å². The second kappa shape index (κ2) is 7.25. The van der Waals surface area contributed by atoms with Crippen molar-refractivity contribution in [2.45, 2.75) is 57.6 Å². The van der Waals surface area contributed by atoms with Crippen LogP contribution in [0.1, 0.15) is 45.4 Å². The van der Waals surface area contributed by atoms with E-state index in [0.29, 0.717) is 0 Å². The smallest absolute Gasteiger partial charge is 0.251 e. The summed E-state index contributed by atoms with van der Waals surface area (Å²) >= 11 is 0. The zero-order valence-corrected chi connectivity index (χ0v) is 12.4. The first kappa shape index (κ1) is 14.8. The molecule has 1 heterocycles. The van der Waals surface area contributed by atoms with Crippen molar-refractivity contribution < 1.29 is 9.53 Å². The average molecular weight is 268 g/mol. The van der Waals surface area contributed by atoms with Crippen LogP contribution in [0.3, 0.4) is 0 Å². The lowest BCUT2D eigenvalue weighted by molar-refractivity contribution is -0.140. The van der Waals surface area contributed by atoms with Crippen LogP contribution >= 0.6 is 0 Å². The fourth-order valence-electron chi connectivity index (χ4n) is 3.33. The molecule has 1 saturated carbocycles. The summed E-state index contributed by atoms with van der Waals surface area (Å²) in [5.74, 6) is 0.146. The molecule has 0 bridgehead atoms. The normalized spacial score (nSPS) is 25.1. The van der Waals surface area contributed by atoms with Crippen LogP contribution in [-0.2, 0) is 9.53 Å². The highest BCUT2D eigenvalue weighted by Crippen LogP contribution is 2.23. The maximum atomic E-state index is 12.1. The summed E-state index contributed by atoms with van der Waals surface area (Å²) in [6, 6.07) is 0.767. The van der Waals surface area contributed by atoms with Crippen molar-refractivity contribution >= 4 is 5.91 Å². The molecule has 2 aliphatic rings. The van der Waals surface area contributed by atoms with Crippen LogP contribution in [0.4, 0.5) is 0 Å². The Morgan fingerprint density at radius 2 is 1.79 bits per heavy atom. The molecule has 1 atom stereocenters. The van der Waals surface area contributed by atoms with E-state index in [-0.39, 0.29) is 12.0 Å². The van der Waals surface area contributed by atoms with Gasteiger partial charge in [0.15, 0.2) is 0 Å². The van der Waals surface area contributed by atoms with Crippen molar-refractivity contribution in [1.82, 2.24) is 9.80 Å². The minimum absolute atomic E-state index is 0.146. The molecule has 0 spiro atoms. The molecule has 2 fully saturated rings. The topological polar surface area (TPSA) is 32.8 Å². The van der Waals surface area contributed by atoms with Crippen molar-refractivity contribution in [2.75, 3.05) is 33.3 Å². The van der Waals surface area contributed by atoms with Crippen LogP contribution in [0.2, 0.25) is 0 Å². The molecule has 110 valence electrons. The highest BCUT2D eigenvalue weighted by atomic mass is 16.5. The SMILES string of the molecule is COC(C)C(=O)N1CCCN(C2CCCCC2)CC1. The van der Waals surface area contributed by atoms with Gasteiger partial charge >= 0.3 is 0 Å². The summed E-state index contributed by atoms with van der Waals surface area (Å²) in [6.07, 6.45) is 7.65. The fraction of sp³-hybridized carbons (Fsp3) is 0.933. The summed E-state index contributed by atoms with van der Waals surface area (Å²) in [7, 11) is 1.61. The van der Waals surface area contributed by atoms with Gasteiger partial charge in [-0.05, 0) is 26.2 Å². The van der Waals surface area contributed by atoms with Crippen molar-refractivity contribution in [1.29, 1.82) is 0 Å². The third-order valence-corrected chi connectivity index (χ3v) is 4.63. The largest absolute Gasteiger partial charge is 0.372 e. The van der Waals surface area contributed by atoms with Crippen LogP contribution < -0.4 is 0 Å². The highest BCUT2D eigenvalue weighted by Gasteiger charge is 2.26. The first-order chi connectivity index (χ1) is 9.22. The van der Waals surface area contributed by atoms with Gasteiger partial charge in [-0.25, -0.2) is 0 Å². The van der Waals surface area contributed by atoms with E-state index in [2.05, 4.69) is 4.90 Å². The summed E-state index contributed by atoms with van der Waals surface area (Å²) in [4.78, 5) is 16.7. The summed E-state index contributed by atoms with van der Waals surface area (Å²) in [5, 5.41) is 0. The maximum absolute atomic E-state index is 12.1. The van der Waals surface area contributed by atoms with Gasteiger partial charge in [0.25, 0.3) is 5.91 Å². The molecule has 1 unspecified atom stereocenters. The van der Waals surface area contributed by atoms with E-state index in [1.165, 1.54) is 32.1 Å². The molecule has 4 nitrogen and oxygen atoms in total. The number of rotatable bonds is 3. The Hall–Kier alpha value is -0.610. The first-order valence-corrected chi connectivity index (χ1v) is 7.78. The van der Waals surface area contributed by atoms with Crippen LogP contribution in [0, 0.1) is 0 Å². The third-order valence-electron chi connectivity index (χ3n) is 4.63. The maximum Gasteiger partial charge on any atom is 0.251 e. The van der Waals surface area contributed by atoms with Crippen LogP contribution in [0.25, 0.3) is 0 Å². The Morgan fingerprint density at radius 3 is 2.47 bits per heavy atom. The zero-order chi connectivity index (χ0) is 13.7. The summed E-state index contributed by atoms with van der Waals surface area (Å²) < 4.78 is 5.14. The monoisotopic (exact) mass is 268 g/mol. The van der Waals surface area contributed by atoms with Gasteiger partial charge in [0.2, 0.25) is 0 Å². The lowest BCUT2D eigenvalue weighted by Gasteiger charge is -2.33. The van der Waals surface area contributed by atoms with Crippen molar-refractivity contribution in [3.05, 3.63) is 0 Å². The van der Waals surface area contributed by atoms with Gasteiger partial charge in [-0.2, -0.15) is 0 Å². The van der Waals surface area contributed by atoms with Gasteiger partial charge in [0.05, 0.1) is 0 Å². The number of methoxy groups -OCH3 is 1. The molecule has 1 saturated heterocycles. The van der Waals surface area contributed by atoms with Gasteiger partial charge < -0.3 is 9.64 Å². The molecule has 0 aromatic heterocycles. The first-order valence-electron chi connectivity index (χ1n) is 7.78. The minimum Gasteiger partial charge on any atom is -0.372 e. The number of nitrogens with zero attached hydrogens (tertiary/aromatic N) is 2. The van der Waals surface area contributed by atoms with E-state index >= 15 is 0 Å². The average Bonchev–Trinajstić information content (AvgIpc) is 2.72. The minimum atomic E-state index is -0.304. The molecule has 1 aliphatic carbocycles. The van der Waals surface area contributed by atoms with Gasteiger partial charge in [-0.1, -0.05) is 19.3 Å². The van der Waals surface area contributed by atoms with Gasteiger partial charge in [0, 0.05) is 39.3 Å². The molecule has 0 N–H and O–H groups in total. The molecule has 4 heteroatoms. The molecule has 0 aromatic rings. The molecule has 1 aliphatic heterocycles. The number of hydrogen-bond donors (Lipinski definition) is 0. The van der Waals surface area contributed by atoms with Gasteiger partial charge in [-0.15, -0.1) is 0 Å². The predicted octanol–water partition coefficient (Wildman–Crippen LogP) is 1.89. The Labute approximate surface area is 117 Å². The molecule has 19 heavy (non-hydrogen) atoms. The van der Waals surface area contributed by atoms with Crippen molar-refractivity contribution in [3.8, 4) is 0 Å². The second-order valence-electron chi connectivity index (χ2n) is 5.88. The van der Waals surface area contributed by atoms with E-state index < -0.39 is 0 Å². The lowest BCUT2D eigenvalue weighted by atomic mass is 9.94. The van der Waals surface area contributed by atoms with Gasteiger partial charge in [-0.3, -0.25) is 9.69 Å². The van der Waals surface area contributed by atoms with E-state index in [9.17, 15) is 4.79 Å².